The first-order valence-corrected chi connectivity index (χ1v) is 5.65. The molecule has 1 aromatic rings. The van der Waals surface area contributed by atoms with Crippen LogP contribution in [0.5, 0.6) is 0 Å². The van der Waals surface area contributed by atoms with E-state index in [4.69, 9.17) is 11.6 Å². The molecule has 1 atom stereocenters. The summed E-state index contributed by atoms with van der Waals surface area (Å²) in [5, 5.41) is 0. The van der Waals surface area contributed by atoms with E-state index in [1.165, 1.54) is 24.4 Å². The summed E-state index contributed by atoms with van der Waals surface area (Å²) >= 11 is 7.00. The van der Waals surface area contributed by atoms with Gasteiger partial charge in [0.1, 0.15) is 0 Å². The molecule has 5 heteroatoms. The van der Waals surface area contributed by atoms with Crippen molar-refractivity contribution in [1.29, 1.82) is 0 Å². The number of nitrogens with zero attached hydrogens (tertiary/aromatic N) is 3. The lowest BCUT2D eigenvalue weighted by Gasteiger charge is -2.29. The van der Waals surface area contributed by atoms with Crippen molar-refractivity contribution in [1.82, 2.24) is 9.36 Å². The SMILES string of the molecule is C[C@@H]1CCCN(c2nsc(Cl)n2)C1. The standard InChI is InChI=1S/C8H12ClN3S/c1-6-3-2-4-12(5-6)8-10-7(9)13-11-8/h6H,2-5H2,1H3/t6-/m1/s1. The maximum absolute atomic E-state index is 5.73. The number of aromatic nitrogens is 2. The smallest absolute Gasteiger partial charge is 0.238 e. The van der Waals surface area contributed by atoms with Crippen LogP contribution in [-0.2, 0) is 0 Å². The van der Waals surface area contributed by atoms with Gasteiger partial charge in [0.05, 0.1) is 0 Å². The van der Waals surface area contributed by atoms with Crippen molar-refractivity contribution < 1.29 is 0 Å². The summed E-state index contributed by atoms with van der Waals surface area (Å²) in [6.45, 7) is 4.39. The molecule has 1 aliphatic rings. The molecule has 0 aliphatic carbocycles. The van der Waals surface area contributed by atoms with E-state index >= 15 is 0 Å². The summed E-state index contributed by atoms with van der Waals surface area (Å²) in [5.41, 5.74) is 0. The average Bonchev–Trinajstić information content (AvgIpc) is 2.52. The molecule has 0 saturated carbocycles. The summed E-state index contributed by atoms with van der Waals surface area (Å²) in [5.74, 6) is 1.55. The zero-order chi connectivity index (χ0) is 9.26. The minimum atomic E-state index is 0.535. The number of piperidine rings is 1. The summed E-state index contributed by atoms with van der Waals surface area (Å²) < 4.78 is 4.73. The van der Waals surface area contributed by atoms with E-state index in [-0.39, 0.29) is 0 Å². The van der Waals surface area contributed by atoms with Gasteiger partial charge in [-0.2, -0.15) is 9.36 Å². The molecule has 0 radical (unpaired) electrons. The second kappa shape index (κ2) is 3.80. The monoisotopic (exact) mass is 217 g/mol. The number of hydrogen-bond acceptors (Lipinski definition) is 4. The van der Waals surface area contributed by atoms with Crippen molar-refractivity contribution in [3.8, 4) is 0 Å². The average molecular weight is 218 g/mol. The zero-order valence-corrected chi connectivity index (χ0v) is 9.11. The van der Waals surface area contributed by atoms with Gasteiger partial charge in [-0.05, 0) is 30.4 Å². The Balaban J connectivity index is 2.08. The molecular formula is C8H12ClN3S. The van der Waals surface area contributed by atoms with Gasteiger partial charge in [0.25, 0.3) is 0 Å². The van der Waals surface area contributed by atoms with E-state index in [1.54, 1.807) is 0 Å². The highest BCUT2D eigenvalue weighted by Gasteiger charge is 2.19. The summed E-state index contributed by atoms with van der Waals surface area (Å²) in [6, 6.07) is 0. The fourth-order valence-electron chi connectivity index (χ4n) is 1.70. The van der Waals surface area contributed by atoms with Crippen molar-refractivity contribution in [3.05, 3.63) is 4.47 Å². The molecule has 0 bridgehead atoms. The first-order valence-electron chi connectivity index (χ1n) is 4.50. The molecule has 2 rings (SSSR count). The molecular weight excluding hydrogens is 206 g/mol. The Morgan fingerprint density at radius 1 is 1.62 bits per heavy atom. The Labute approximate surface area is 86.9 Å². The molecule has 0 aromatic carbocycles. The molecule has 2 heterocycles. The van der Waals surface area contributed by atoms with E-state index in [1.807, 2.05) is 0 Å². The second-order valence-electron chi connectivity index (χ2n) is 3.54. The third kappa shape index (κ3) is 2.11. The Bertz CT molecular complexity index is 289. The van der Waals surface area contributed by atoms with E-state index in [2.05, 4.69) is 21.2 Å². The summed E-state index contributed by atoms with van der Waals surface area (Å²) in [7, 11) is 0. The highest BCUT2D eigenvalue weighted by Crippen LogP contribution is 2.23. The van der Waals surface area contributed by atoms with E-state index < -0.39 is 0 Å². The van der Waals surface area contributed by atoms with Crippen molar-refractivity contribution in [2.45, 2.75) is 19.8 Å². The normalized spacial score (nSPS) is 23.5. The molecule has 0 unspecified atom stereocenters. The van der Waals surface area contributed by atoms with Crippen LogP contribution < -0.4 is 4.90 Å². The van der Waals surface area contributed by atoms with Crippen LogP contribution in [0.3, 0.4) is 0 Å². The molecule has 1 aliphatic heterocycles. The van der Waals surface area contributed by atoms with Gasteiger partial charge in [-0.15, -0.1) is 0 Å². The van der Waals surface area contributed by atoms with Crippen LogP contribution in [0, 0.1) is 5.92 Å². The van der Waals surface area contributed by atoms with Crippen LogP contribution in [0.1, 0.15) is 19.8 Å². The molecule has 0 spiro atoms. The van der Waals surface area contributed by atoms with Crippen molar-refractivity contribution >= 4 is 29.1 Å². The third-order valence-corrected chi connectivity index (χ3v) is 3.12. The summed E-state index contributed by atoms with van der Waals surface area (Å²) in [6.07, 6.45) is 2.55. The molecule has 72 valence electrons. The van der Waals surface area contributed by atoms with Crippen molar-refractivity contribution in [2.75, 3.05) is 18.0 Å². The number of halogens is 1. The van der Waals surface area contributed by atoms with Crippen LogP contribution in [0.25, 0.3) is 0 Å². The number of anilines is 1. The van der Waals surface area contributed by atoms with Crippen LogP contribution in [0.4, 0.5) is 5.95 Å². The lowest BCUT2D eigenvalue weighted by Crippen LogP contribution is -2.34. The van der Waals surface area contributed by atoms with Gasteiger partial charge in [-0.1, -0.05) is 6.92 Å². The lowest BCUT2D eigenvalue weighted by atomic mass is 10.0. The Hall–Kier alpha value is -0.350. The molecule has 0 N–H and O–H groups in total. The van der Waals surface area contributed by atoms with Crippen LogP contribution >= 0.6 is 23.1 Å². The van der Waals surface area contributed by atoms with Gasteiger partial charge < -0.3 is 4.90 Å². The second-order valence-corrected chi connectivity index (χ2v) is 4.87. The number of hydrogen-bond donors (Lipinski definition) is 0. The molecule has 1 fully saturated rings. The number of rotatable bonds is 1. The van der Waals surface area contributed by atoms with Gasteiger partial charge in [0, 0.05) is 24.6 Å². The first kappa shape index (κ1) is 9.21. The largest absolute Gasteiger partial charge is 0.340 e. The molecule has 0 amide bonds. The van der Waals surface area contributed by atoms with Gasteiger partial charge in [-0.25, -0.2) is 0 Å². The predicted molar refractivity (Wildman–Crippen MR) is 55.5 cm³/mol. The fourth-order valence-corrected chi connectivity index (χ4v) is 2.31. The lowest BCUT2D eigenvalue weighted by molar-refractivity contribution is 0.443. The molecule has 1 aromatic heterocycles. The van der Waals surface area contributed by atoms with Gasteiger partial charge >= 0.3 is 0 Å². The minimum Gasteiger partial charge on any atom is -0.340 e. The summed E-state index contributed by atoms with van der Waals surface area (Å²) in [4.78, 5) is 6.39. The zero-order valence-electron chi connectivity index (χ0n) is 7.53. The predicted octanol–water partition coefficient (Wildman–Crippen LogP) is 2.43. The van der Waals surface area contributed by atoms with E-state index in [0.29, 0.717) is 4.47 Å². The van der Waals surface area contributed by atoms with Crippen LogP contribution in [0.15, 0.2) is 0 Å². The van der Waals surface area contributed by atoms with Gasteiger partial charge in [0.15, 0.2) is 0 Å². The quantitative estimate of drug-likeness (QED) is 0.724. The minimum absolute atomic E-state index is 0.535. The molecule has 3 nitrogen and oxygen atoms in total. The Kier molecular flexibility index (Phi) is 2.69. The van der Waals surface area contributed by atoms with Crippen molar-refractivity contribution in [3.63, 3.8) is 0 Å². The van der Waals surface area contributed by atoms with E-state index in [9.17, 15) is 0 Å². The maximum Gasteiger partial charge on any atom is 0.238 e. The van der Waals surface area contributed by atoms with E-state index in [0.717, 1.165) is 25.0 Å². The fraction of sp³-hybridized carbons (Fsp3) is 0.750. The molecule has 1 saturated heterocycles. The maximum atomic E-state index is 5.73. The van der Waals surface area contributed by atoms with Crippen molar-refractivity contribution in [2.24, 2.45) is 5.92 Å². The van der Waals surface area contributed by atoms with Crippen LogP contribution in [0.2, 0.25) is 4.47 Å². The van der Waals surface area contributed by atoms with Gasteiger partial charge in [0.2, 0.25) is 10.4 Å². The topological polar surface area (TPSA) is 29.0 Å². The third-order valence-electron chi connectivity index (χ3n) is 2.33. The van der Waals surface area contributed by atoms with Gasteiger partial charge in [-0.3, -0.25) is 0 Å². The first-order chi connectivity index (χ1) is 6.25. The highest BCUT2D eigenvalue weighted by atomic mass is 35.5. The highest BCUT2D eigenvalue weighted by molar-refractivity contribution is 7.10. The Morgan fingerprint density at radius 3 is 3.08 bits per heavy atom. The Morgan fingerprint density at radius 2 is 2.46 bits per heavy atom. The molecule has 13 heavy (non-hydrogen) atoms. The van der Waals surface area contributed by atoms with Crippen LogP contribution in [-0.4, -0.2) is 22.4 Å².